The van der Waals surface area contributed by atoms with Crippen molar-refractivity contribution in [3.63, 3.8) is 0 Å². The van der Waals surface area contributed by atoms with Crippen LogP contribution in [0.2, 0.25) is 0 Å². The summed E-state index contributed by atoms with van der Waals surface area (Å²) in [6.45, 7) is 4.51. The second-order valence-electron chi connectivity index (χ2n) is 8.26. The molecular weight excluding hydrogens is 444 g/mol. The Morgan fingerprint density at radius 3 is 2.60 bits per heavy atom. The molecule has 0 spiro atoms. The number of para-hydroxylation sites is 1. The molecule has 2 amide bonds. The van der Waals surface area contributed by atoms with Gasteiger partial charge < -0.3 is 10.1 Å². The fraction of sp³-hybridized carbons (Fsp3) is 0.269. The van der Waals surface area contributed by atoms with Crippen LogP contribution >= 0.6 is 0 Å². The highest BCUT2D eigenvalue weighted by Crippen LogP contribution is 2.31. The van der Waals surface area contributed by atoms with Crippen molar-refractivity contribution in [3.05, 3.63) is 83.7 Å². The van der Waals surface area contributed by atoms with E-state index in [4.69, 9.17) is 4.74 Å². The summed E-state index contributed by atoms with van der Waals surface area (Å²) in [5, 5.41) is 11.2. The molecule has 0 aliphatic carbocycles. The third-order valence-electron chi connectivity index (χ3n) is 5.72. The summed E-state index contributed by atoms with van der Waals surface area (Å²) >= 11 is 0. The maximum atomic E-state index is 14.0. The van der Waals surface area contributed by atoms with E-state index < -0.39 is 6.04 Å². The van der Waals surface area contributed by atoms with Gasteiger partial charge in [0.25, 0.3) is 0 Å². The number of amides is 2. The summed E-state index contributed by atoms with van der Waals surface area (Å²) in [7, 11) is 1.57. The zero-order valence-electron chi connectivity index (χ0n) is 20.0. The fourth-order valence-corrected chi connectivity index (χ4v) is 4.07. The Bertz CT molecular complexity index is 1320. The molecule has 1 atom stereocenters. The lowest BCUT2D eigenvalue weighted by molar-refractivity contribution is -0.127. The fourth-order valence-electron chi connectivity index (χ4n) is 4.07. The number of fused-ring (bicyclic) bond motifs is 1. The number of hydrogen-bond acceptors (Lipinski definition) is 6. The number of carbonyl (C=O) groups is 2. The molecule has 0 aliphatic heterocycles. The van der Waals surface area contributed by atoms with Crippen LogP contribution in [0.5, 0.6) is 0 Å². The number of pyridine rings is 1. The van der Waals surface area contributed by atoms with Gasteiger partial charge in [0.15, 0.2) is 0 Å². The third kappa shape index (κ3) is 5.36. The van der Waals surface area contributed by atoms with Crippen molar-refractivity contribution in [3.8, 4) is 0 Å². The molecule has 0 unspecified atom stereocenters. The molecule has 4 aromatic rings. The van der Waals surface area contributed by atoms with Gasteiger partial charge in [-0.3, -0.25) is 19.5 Å². The van der Waals surface area contributed by atoms with E-state index in [1.807, 2.05) is 56.3 Å². The van der Waals surface area contributed by atoms with Gasteiger partial charge >= 0.3 is 0 Å². The first-order valence-corrected chi connectivity index (χ1v) is 11.3. The van der Waals surface area contributed by atoms with Gasteiger partial charge in [-0.25, -0.2) is 4.68 Å². The summed E-state index contributed by atoms with van der Waals surface area (Å²) in [5.74, 6) is -0.610. The zero-order valence-corrected chi connectivity index (χ0v) is 20.0. The Labute approximate surface area is 203 Å². The van der Waals surface area contributed by atoms with Crippen LogP contribution in [0.3, 0.4) is 0 Å². The van der Waals surface area contributed by atoms with Gasteiger partial charge in [0.2, 0.25) is 11.8 Å². The smallest absolute Gasteiger partial charge is 0.249 e. The van der Waals surface area contributed by atoms with Gasteiger partial charge in [0.05, 0.1) is 12.1 Å². The van der Waals surface area contributed by atoms with Crippen LogP contribution in [0.25, 0.3) is 11.0 Å². The highest BCUT2D eigenvalue weighted by Gasteiger charge is 2.34. The molecule has 9 nitrogen and oxygen atoms in total. The first-order chi connectivity index (χ1) is 17.0. The first-order valence-electron chi connectivity index (χ1n) is 11.3. The number of rotatable bonds is 9. The lowest BCUT2D eigenvalue weighted by Crippen LogP contribution is -2.46. The van der Waals surface area contributed by atoms with Crippen molar-refractivity contribution in [2.75, 3.05) is 25.2 Å². The minimum absolute atomic E-state index is 0.0826. The van der Waals surface area contributed by atoms with Crippen molar-refractivity contribution >= 4 is 28.5 Å². The first kappa shape index (κ1) is 24.0. The van der Waals surface area contributed by atoms with Crippen molar-refractivity contribution in [1.29, 1.82) is 0 Å². The number of benzene rings is 2. The Kier molecular flexibility index (Phi) is 7.47. The Balaban J connectivity index is 1.79. The topological polar surface area (TPSA) is 102 Å². The van der Waals surface area contributed by atoms with Gasteiger partial charge in [-0.2, -0.15) is 0 Å². The molecule has 4 rings (SSSR count). The molecule has 180 valence electrons. The Hall–Kier alpha value is -4.11. The lowest BCUT2D eigenvalue weighted by Gasteiger charge is -2.32. The average Bonchev–Trinajstić information content (AvgIpc) is 3.26. The van der Waals surface area contributed by atoms with Gasteiger partial charge in [0.1, 0.15) is 18.1 Å². The number of methoxy groups -OCH3 is 1. The molecule has 0 saturated heterocycles. The number of aryl methyl sites for hydroxylation is 2. The van der Waals surface area contributed by atoms with Crippen LogP contribution in [-0.2, 0) is 20.9 Å². The van der Waals surface area contributed by atoms with E-state index in [1.54, 1.807) is 41.2 Å². The van der Waals surface area contributed by atoms with Crippen LogP contribution < -0.4 is 10.2 Å². The van der Waals surface area contributed by atoms with E-state index >= 15 is 0 Å². The minimum Gasteiger partial charge on any atom is -0.383 e. The monoisotopic (exact) mass is 472 g/mol. The number of carbonyl (C=O) groups excluding carboxylic acids is 2. The van der Waals surface area contributed by atoms with Crippen molar-refractivity contribution in [2.24, 2.45) is 0 Å². The quantitative estimate of drug-likeness (QED) is 0.376. The lowest BCUT2D eigenvalue weighted by atomic mass is 10.0. The predicted molar refractivity (Wildman–Crippen MR) is 133 cm³/mol. The molecule has 0 fully saturated rings. The van der Waals surface area contributed by atoms with Crippen molar-refractivity contribution in [2.45, 2.75) is 26.4 Å². The number of hydrogen-bond donors (Lipinski definition) is 1. The van der Waals surface area contributed by atoms with Crippen molar-refractivity contribution < 1.29 is 14.3 Å². The third-order valence-corrected chi connectivity index (χ3v) is 5.72. The van der Waals surface area contributed by atoms with Crippen LogP contribution in [-0.4, -0.2) is 52.1 Å². The van der Waals surface area contributed by atoms with Gasteiger partial charge in [0, 0.05) is 31.7 Å². The standard InChI is InChI=1S/C26H28N6O3/c1-18-8-9-22(19(2)16-18)32(24(33)17-31-23-7-5-4-6-21(23)29-30-31)25(20-10-12-27-13-11-20)26(34)28-14-15-35-3/h4-13,16,25H,14-15,17H2,1-3H3,(H,28,34)/t25-/m0/s1. The normalized spacial score (nSPS) is 11.9. The van der Waals surface area contributed by atoms with Gasteiger partial charge in [-0.05, 0) is 55.3 Å². The van der Waals surface area contributed by atoms with Gasteiger partial charge in [-0.15, -0.1) is 5.10 Å². The summed E-state index contributed by atoms with van der Waals surface area (Å²) in [4.78, 5) is 33.1. The Morgan fingerprint density at radius 1 is 1.09 bits per heavy atom. The summed E-state index contributed by atoms with van der Waals surface area (Å²) in [6.07, 6.45) is 3.22. The van der Waals surface area contributed by atoms with Crippen LogP contribution in [0.15, 0.2) is 67.0 Å². The van der Waals surface area contributed by atoms with Gasteiger partial charge in [-0.1, -0.05) is 35.0 Å². The van der Waals surface area contributed by atoms with E-state index in [0.29, 0.717) is 29.9 Å². The number of ether oxygens (including phenoxy) is 1. The minimum atomic E-state index is -0.918. The van der Waals surface area contributed by atoms with E-state index in [1.165, 1.54) is 0 Å². The molecule has 2 heterocycles. The molecule has 0 saturated carbocycles. The number of nitrogens with zero attached hydrogens (tertiary/aromatic N) is 5. The molecule has 0 bridgehead atoms. The predicted octanol–water partition coefficient (Wildman–Crippen LogP) is 2.98. The number of anilines is 1. The second kappa shape index (κ2) is 10.9. The molecule has 2 aromatic carbocycles. The maximum absolute atomic E-state index is 14.0. The highest BCUT2D eigenvalue weighted by atomic mass is 16.5. The summed E-state index contributed by atoms with van der Waals surface area (Å²) < 4.78 is 6.65. The van der Waals surface area contributed by atoms with Crippen molar-refractivity contribution in [1.82, 2.24) is 25.3 Å². The van der Waals surface area contributed by atoms with E-state index in [-0.39, 0.29) is 18.4 Å². The summed E-state index contributed by atoms with van der Waals surface area (Å²) in [6, 6.07) is 15.8. The number of aromatic nitrogens is 4. The van der Waals surface area contributed by atoms with Crippen LogP contribution in [0.4, 0.5) is 5.69 Å². The zero-order chi connectivity index (χ0) is 24.8. The molecular formula is C26H28N6O3. The molecule has 1 N–H and O–H groups in total. The van der Waals surface area contributed by atoms with E-state index in [2.05, 4.69) is 20.6 Å². The average molecular weight is 473 g/mol. The SMILES string of the molecule is COCCNC(=O)[C@H](c1ccncc1)N(C(=O)Cn1nnc2ccccc21)c1ccc(C)cc1C. The molecule has 35 heavy (non-hydrogen) atoms. The van der Waals surface area contributed by atoms with E-state index in [9.17, 15) is 9.59 Å². The van der Waals surface area contributed by atoms with E-state index in [0.717, 1.165) is 16.6 Å². The molecule has 9 heteroatoms. The molecule has 2 aromatic heterocycles. The van der Waals surface area contributed by atoms with Crippen LogP contribution in [0, 0.1) is 13.8 Å². The second-order valence-corrected chi connectivity index (χ2v) is 8.26. The Morgan fingerprint density at radius 2 is 1.86 bits per heavy atom. The number of nitrogens with one attached hydrogen (secondary N) is 1. The molecule has 0 radical (unpaired) electrons. The van der Waals surface area contributed by atoms with Crippen LogP contribution in [0.1, 0.15) is 22.7 Å². The molecule has 0 aliphatic rings. The summed E-state index contributed by atoms with van der Waals surface area (Å²) in [5.41, 5.74) is 4.67. The maximum Gasteiger partial charge on any atom is 0.249 e. The highest BCUT2D eigenvalue weighted by molar-refractivity contribution is 6.02. The largest absolute Gasteiger partial charge is 0.383 e.